The largest absolute Gasteiger partial charge is 0.508 e. The van der Waals surface area contributed by atoms with E-state index in [0.29, 0.717) is 29.7 Å². The Morgan fingerprint density at radius 3 is 2.24 bits per heavy atom. The van der Waals surface area contributed by atoms with Crippen molar-refractivity contribution in [2.24, 2.45) is 11.8 Å². The zero-order chi connectivity index (χ0) is 26.8. The number of hydrogen-bond acceptors (Lipinski definition) is 7. The number of piperidine rings is 1. The summed E-state index contributed by atoms with van der Waals surface area (Å²) in [4.78, 5) is 3.20. The molecule has 1 aliphatic rings. The lowest BCUT2D eigenvalue weighted by Crippen LogP contribution is -2.43. The Hall–Kier alpha value is -3.10. The first-order valence-corrected chi connectivity index (χ1v) is 13.9. The number of rotatable bonds is 8. The summed E-state index contributed by atoms with van der Waals surface area (Å²) in [5.74, 6) is 2.28. The van der Waals surface area contributed by atoms with Crippen LogP contribution in [-0.4, -0.2) is 57.7 Å². The summed E-state index contributed by atoms with van der Waals surface area (Å²) in [6, 6.07) is 19.4. The minimum absolute atomic E-state index is 0.171. The molecule has 2 unspecified atom stereocenters. The average molecular weight is 534 g/mol. The van der Waals surface area contributed by atoms with E-state index in [4.69, 9.17) is 4.74 Å². The fraction of sp³-hybridized carbons (Fsp3) is 0.355. The Morgan fingerprint density at radius 1 is 0.895 bits per heavy atom. The van der Waals surface area contributed by atoms with Crippen molar-refractivity contribution in [1.29, 1.82) is 0 Å². The molecule has 7 heteroatoms. The van der Waals surface area contributed by atoms with E-state index >= 15 is 0 Å². The van der Waals surface area contributed by atoms with Crippen LogP contribution in [0.25, 0.3) is 20.5 Å². The predicted molar refractivity (Wildman–Crippen MR) is 152 cm³/mol. The van der Waals surface area contributed by atoms with Crippen molar-refractivity contribution in [1.82, 2.24) is 4.90 Å². The molecule has 0 saturated carbocycles. The van der Waals surface area contributed by atoms with Crippen LogP contribution in [0.5, 0.6) is 17.2 Å². The van der Waals surface area contributed by atoms with Gasteiger partial charge in [-0.15, -0.1) is 11.3 Å². The average Bonchev–Trinajstić information content (AvgIpc) is 3.25. The number of nitrogens with zero attached hydrogens (tertiary/aromatic N) is 1. The van der Waals surface area contributed by atoms with Crippen LogP contribution in [0.4, 0.5) is 0 Å². The van der Waals surface area contributed by atoms with Crippen LogP contribution in [0.3, 0.4) is 0 Å². The molecule has 5 rings (SSSR count). The fourth-order valence-corrected chi connectivity index (χ4v) is 6.87. The van der Waals surface area contributed by atoms with Crippen molar-refractivity contribution in [3.05, 3.63) is 77.9 Å². The topological polar surface area (TPSA) is 93.4 Å². The summed E-state index contributed by atoms with van der Waals surface area (Å²) in [7, 11) is 0. The van der Waals surface area contributed by atoms with Crippen molar-refractivity contribution >= 4 is 21.4 Å². The highest BCUT2D eigenvalue weighted by Crippen LogP contribution is 2.45. The summed E-state index contributed by atoms with van der Waals surface area (Å²) in [5.41, 5.74) is 2.34. The predicted octanol–water partition coefficient (Wildman–Crippen LogP) is 5.78. The van der Waals surface area contributed by atoms with Crippen molar-refractivity contribution < 1.29 is 25.2 Å². The number of likely N-dealkylation sites (tertiary alicyclic amines) is 1. The minimum atomic E-state index is -0.903. The van der Waals surface area contributed by atoms with Gasteiger partial charge in [-0.25, -0.2) is 0 Å². The summed E-state index contributed by atoms with van der Waals surface area (Å²) in [6.07, 6.45) is -0.236. The first-order valence-electron chi connectivity index (χ1n) is 13.1. The highest BCUT2D eigenvalue weighted by atomic mass is 32.1. The van der Waals surface area contributed by atoms with E-state index in [-0.39, 0.29) is 18.1 Å². The number of hydrogen-bond donors (Lipinski definition) is 4. The fourth-order valence-electron chi connectivity index (χ4n) is 5.60. The third-order valence-corrected chi connectivity index (χ3v) is 8.38. The summed E-state index contributed by atoms with van der Waals surface area (Å²) >= 11 is 1.49. The molecule has 200 valence electrons. The SMILES string of the molecule is C[C@@H]1C[C@H](C)CN(CC(O)COc2ccc(C(O)c3c(-c4ccc(O)cc4)sc4cc(O)ccc34)cc2)C1. The number of aliphatic hydroxyl groups is 2. The van der Waals surface area contributed by atoms with E-state index in [2.05, 4.69) is 18.7 Å². The van der Waals surface area contributed by atoms with Crippen LogP contribution in [0.1, 0.15) is 37.5 Å². The molecule has 1 fully saturated rings. The van der Waals surface area contributed by atoms with Gasteiger partial charge in [0.05, 0.1) is 0 Å². The molecule has 4 atom stereocenters. The Kier molecular flexibility index (Phi) is 7.91. The van der Waals surface area contributed by atoms with Gasteiger partial charge >= 0.3 is 0 Å². The van der Waals surface area contributed by atoms with E-state index in [0.717, 1.165) is 39.2 Å². The number of phenolic OH excluding ortho intramolecular Hbond substituents is 2. The Balaban J connectivity index is 1.31. The molecular formula is C31H35NO5S. The lowest BCUT2D eigenvalue weighted by atomic mass is 9.92. The molecule has 3 aromatic carbocycles. The van der Waals surface area contributed by atoms with Crippen LogP contribution in [0.2, 0.25) is 0 Å². The maximum atomic E-state index is 11.5. The first-order chi connectivity index (χ1) is 18.3. The number of β-amino-alcohol motifs (C(OH)–C–C–N with tert-alkyl or cyclic N) is 1. The molecule has 0 aliphatic carbocycles. The number of ether oxygens (including phenoxy) is 1. The van der Waals surface area contributed by atoms with Gasteiger partial charge in [-0.1, -0.05) is 26.0 Å². The van der Waals surface area contributed by atoms with Crippen LogP contribution < -0.4 is 4.74 Å². The molecule has 6 nitrogen and oxygen atoms in total. The van der Waals surface area contributed by atoms with Gasteiger partial charge in [0.15, 0.2) is 0 Å². The number of phenols is 2. The third-order valence-electron chi connectivity index (χ3n) is 7.17. The zero-order valence-corrected chi connectivity index (χ0v) is 22.6. The van der Waals surface area contributed by atoms with Gasteiger partial charge in [0.2, 0.25) is 0 Å². The quantitative estimate of drug-likeness (QED) is 0.230. The molecule has 4 N–H and O–H groups in total. The number of aromatic hydroxyl groups is 2. The Labute approximate surface area is 227 Å². The number of aliphatic hydroxyl groups excluding tert-OH is 2. The highest BCUT2D eigenvalue weighted by Gasteiger charge is 2.24. The number of thiophene rings is 1. The smallest absolute Gasteiger partial charge is 0.119 e. The number of benzene rings is 3. The molecule has 2 heterocycles. The molecule has 0 bridgehead atoms. The van der Waals surface area contributed by atoms with Crippen LogP contribution in [0.15, 0.2) is 66.7 Å². The second-order valence-corrected chi connectivity index (χ2v) is 11.7. The molecule has 0 radical (unpaired) electrons. The van der Waals surface area contributed by atoms with Crippen LogP contribution in [-0.2, 0) is 0 Å². The summed E-state index contributed by atoms with van der Waals surface area (Å²) in [6.45, 7) is 7.36. The molecule has 0 spiro atoms. The minimum Gasteiger partial charge on any atom is -0.508 e. The molecular weight excluding hydrogens is 498 g/mol. The van der Waals surface area contributed by atoms with Crippen molar-refractivity contribution in [2.45, 2.75) is 32.5 Å². The van der Waals surface area contributed by atoms with Gasteiger partial charge in [-0.3, -0.25) is 0 Å². The van der Waals surface area contributed by atoms with Gasteiger partial charge in [-0.05, 0) is 89.4 Å². The lowest BCUT2D eigenvalue weighted by molar-refractivity contribution is 0.0429. The molecule has 1 aliphatic heterocycles. The third kappa shape index (κ3) is 5.97. The highest BCUT2D eigenvalue weighted by molar-refractivity contribution is 7.22. The Bertz CT molecular complexity index is 1360. The maximum absolute atomic E-state index is 11.5. The lowest BCUT2D eigenvalue weighted by Gasteiger charge is -2.35. The van der Waals surface area contributed by atoms with E-state index < -0.39 is 12.2 Å². The van der Waals surface area contributed by atoms with Crippen molar-refractivity contribution in [2.75, 3.05) is 26.2 Å². The Morgan fingerprint density at radius 2 is 1.55 bits per heavy atom. The number of fused-ring (bicyclic) bond motifs is 1. The van der Waals surface area contributed by atoms with E-state index in [9.17, 15) is 20.4 Å². The molecule has 1 saturated heterocycles. The second-order valence-electron chi connectivity index (χ2n) is 10.7. The second kappa shape index (κ2) is 11.3. The monoisotopic (exact) mass is 533 g/mol. The van der Waals surface area contributed by atoms with E-state index in [1.54, 1.807) is 24.3 Å². The van der Waals surface area contributed by atoms with Crippen LogP contribution in [0, 0.1) is 11.8 Å². The van der Waals surface area contributed by atoms with Gasteiger partial charge in [-0.2, -0.15) is 0 Å². The van der Waals surface area contributed by atoms with Crippen molar-refractivity contribution in [3.63, 3.8) is 0 Å². The maximum Gasteiger partial charge on any atom is 0.119 e. The van der Waals surface area contributed by atoms with E-state index in [1.165, 1.54) is 17.8 Å². The molecule has 4 aromatic rings. The van der Waals surface area contributed by atoms with E-state index in [1.807, 2.05) is 42.5 Å². The van der Waals surface area contributed by atoms with Gasteiger partial charge in [0, 0.05) is 34.8 Å². The molecule has 0 amide bonds. The molecule has 38 heavy (non-hydrogen) atoms. The van der Waals surface area contributed by atoms with Gasteiger partial charge in [0.25, 0.3) is 0 Å². The standard InChI is InChI=1S/C31H35NO5S/c1-19-13-20(2)16-32(15-19)17-25(35)18-37-26-10-5-21(6-11-26)30(36)29-27-12-9-24(34)14-28(27)38-31(29)22-3-7-23(33)8-4-22/h3-12,14,19-20,25,30,33-36H,13,15-18H2,1-2H3/t19-,20+,25?,30?. The van der Waals surface area contributed by atoms with Crippen molar-refractivity contribution in [3.8, 4) is 27.7 Å². The van der Waals surface area contributed by atoms with Crippen LogP contribution >= 0.6 is 11.3 Å². The normalized spacial score (nSPS) is 19.9. The van der Waals surface area contributed by atoms with Gasteiger partial charge < -0.3 is 30.1 Å². The van der Waals surface area contributed by atoms with Gasteiger partial charge in [0.1, 0.15) is 36.1 Å². The molecule has 1 aromatic heterocycles. The summed E-state index contributed by atoms with van der Waals surface area (Å²) in [5, 5.41) is 42.6. The zero-order valence-electron chi connectivity index (χ0n) is 21.7. The summed E-state index contributed by atoms with van der Waals surface area (Å²) < 4.78 is 6.74. The first kappa shape index (κ1) is 26.5.